The number of nitrogens with zero attached hydrogens (tertiary/aromatic N) is 1. The van der Waals surface area contributed by atoms with Gasteiger partial charge in [-0.25, -0.2) is 4.79 Å². The second-order valence-corrected chi connectivity index (χ2v) is 6.54. The Morgan fingerprint density at radius 2 is 1.75 bits per heavy atom. The number of benzene rings is 3. The smallest absolute Gasteiger partial charge is 0.365 e. The van der Waals surface area contributed by atoms with Gasteiger partial charge in [-0.3, -0.25) is 0 Å². The van der Waals surface area contributed by atoms with E-state index in [9.17, 15) is 4.79 Å². The molecule has 5 nitrogen and oxygen atoms in total. The average molecular weight is 395 g/mol. The van der Waals surface area contributed by atoms with E-state index in [0.717, 1.165) is 11.1 Å². The number of aryl methyl sites for hydroxylation is 1. The summed E-state index contributed by atoms with van der Waals surface area (Å²) in [6.45, 7) is 2.28. The first-order valence-electron chi connectivity index (χ1n) is 8.61. The van der Waals surface area contributed by atoms with E-state index in [1.54, 1.807) is 30.3 Å². The molecule has 0 atom stereocenters. The van der Waals surface area contributed by atoms with Gasteiger partial charge < -0.3 is 15.3 Å². The molecule has 3 aromatic rings. The molecule has 0 fully saturated rings. The van der Waals surface area contributed by atoms with Crippen LogP contribution in [0.5, 0.6) is 5.75 Å². The number of carbonyl (C=O) groups excluding carboxylic acids is 1. The lowest BCUT2D eigenvalue weighted by atomic mass is 10.1. The highest BCUT2D eigenvalue weighted by Gasteiger charge is 2.09. The molecule has 0 aliphatic heterocycles. The van der Waals surface area contributed by atoms with Gasteiger partial charge in [-0.1, -0.05) is 58.7 Å². The predicted molar refractivity (Wildman–Crippen MR) is 110 cm³/mol. The number of amidine groups is 1. The third-order valence-corrected chi connectivity index (χ3v) is 4.35. The van der Waals surface area contributed by atoms with Crippen LogP contribution in [0.4, 0.5) is 0 Å². The Hall–Kier alpha value is -3.31. The van der Waals surface area contributed by atoms with Crippen molar-refractivity contribution in [2.45, 2.75) is 13.5 Å². The van der Waals surface area contributed by atoms with Gasteiger partial charge in [0.15, 0.2) is 5.84 Å². The molecule has 0 bridgehead atoms. The van der Waals surface area contributed by atoms with Gasteiger partial charge in [0.05, 0.1) is 5.56 Å². The molecule has 0 amide bonds. The number of hydrogen-bond donors (Lipinski definition) is 1. The van der Waals surface area contributed by atoms with Crippen molar-refractivity contribution in [1.29, 1.82) is 0 Å². The molecule has 0 saturated carbocycles. The van der Waals surface area contributed by atoms with Crippen LogP contribution in [0.15, 0.2) is 78.0 Å². The van der Waals surface area contributed by atoms with Crippen molar-refractivity contribution < 1.29 is 14.4 Å². The largest absolute Gasteiger partial charge is 0.489 e. The number of rotatable bonds is 6. The summed E-state index contributed by atoms with van der Waals surface area (Å²) in [5, 5.41) is 4.36. The molecule has 0 aliphatic carbocycles. The maximum absolute atomic E-state index is 12.1. The third-order valence-electron chi connectivity index (χ3n) is 3.98. The number of carbonyl (C=O) groups is 1. The molecular formula is C22H19ClN2O3. The lowest BCUT2D eigenvalue weighted by molar-refractivity contribution is 0.0516. The van der Waals surface area contributed by atoms with Gasteiger partial charge >= 0.3 is 5.97 Å². The highest BCUT2D eigenvalue weighted by atomic mass is 35.5. The van der Waals surface area contributed by atoms with Crippen LogP contribution in [0, 0.1) is 6.92 Å². The summed E-state index contributed by atoms with van der Waals surface area (Å²) in [6, 6.07) is 21.5. The van der Waals surface area contributed by atoms with Crippen LogP contribution in [0.25, 0.3) is 0 Å². The van der Waals surface area contributed by atoms with E-state index in [1.807, 2.05) is 49.4 Å². The molecule has 3 aromatic carbocycles. The van der Waals surface area contributed by atoms with E-state index >= 15 is 0 Å². The number of halogens is 1. The van der Waals surface area contributed by atoms with Crippen LogP contribution in [-0.2, 0) is 11.4 Å². The fourth-order valence-corrected chi connectivity index (χ4v) is 2.65. The highest BCUT2D eigenvalue weighted by Crippen LogP contribution is 2.19. The van der Waals surface area contributed by atoms with Gasteiger partial charge in [0.25, 0.3) is 0 Å². The molecule has 6 heteroatoms. The van der Waals surface area contributed by atoms with Gasteiger partial charge in [-0.2, -0.15) is 0 Å². The molecule has 28 heavy (non-hydrogen) atoms. The van der Waals surface area contributed by atoms with Crippen molar-refractivity contribution >= 4 is 23.4 Å². The first-order valence-corrected chi connectivity index (χ1v) is 8.99. The average Bonchev–Trinajstić information content (AvgIpc) is 2.71. The third kappa shape index (κ3) is 5.11. The first kappa shape index (κ1) is 19.5. The Morgan fingerprint density at radius 1 is 1.00 bits per heavy atom. The van der Waals surface area contributed by atoms with Crippen LogP contribution in [0.1, 0.15) is 27.0 Å². The van der Waals surface area contributed by atoms with Crippen molar-refractivity contribution in [3.8, 4) is 5.75 Å². The van der Waals surface area contributed by atoms with Crippen LogP contribution < -0.4 is 10.5 Å². The summed E-state index contributed by atoms with van der Waals surface area (Å²) in [7, 11) is 0. The molecule has 3 rings (SSSR count). The molecule has 0 aliphatic rings. The molecule has 0 aromatic heterocycles. The Morgan fingerprint density at radius 3 is 2.46 bits per heavy atom. The van der Waals surface area contributed by atoms with Gasteiger partial charge in [-0.05, 0) is 43.3 Å². The molecule has 0 unspecified atom stereocenters. The number of oxime groups is 1. The molecule has 142 valence electrons. The van der Waals surface area contributed by atoms with Crippen LogP contribution >= 0.6 is 11.6 Å². The molecule has 2 N–H and O–H groups in total. The Labute approximate surface area is 168 Å². The van der Waals surface area contributed by atoms with Crippen molar-refractivity contribution in [1.82, 2.24) is 0 Å². The Bertz CT molecular complexity index is 1000. The molecule has 0 heterocycles. The molecule has 0 radical (unpaired) electrons. The van der Waals surface area contributed by atoms with Gasteiger partial charge in [-0.15, -0.1) is 0 Å². The second-order valence-electron chi connectivity index (χ2n) is 6.13. The number of nitrogens with two attached hydrogens (primary N) is 1. The molecule has 0 saturated heterocycles. The van der Waals surface area contributed by atoms with Crippen molar-refractivity contribution in [3.63, 3.8) is 0 Å². The zero-order valence-electron chi connectivity index (χ0n) is 15.3. The van der Waals surface area contributed by atoms with Crippen LogP contribution in [-0.4, -0.2) is 11.8 Å². The Kier molecular flexibility index (Phi) is 6.29. The van der Waals surface area contributed by atoms with Gasteiger partial charge in [0.2, 0.25) is 0 Å². The lowest BCUT2D eigenvalue weighted by Crippen LogP contribution is -2.15. The van der Waals surface area contributed by atoms with E-state index in [-0.39, 0.29) is 5.84 Å². The minimum atomic E-state index is -0.603. The minimum absolute atomic E-state index is 0.136. The first-order chi connectivity index (χ1) is 13.5. The van der Waals surface area contributed by atoms with Crippen molar-refractivity contribution in [2.24, 2.45) is 10.9 Å². The summed E-state index contributed by atoms with van der Waals surface area (Å²) in [6.07, 6.45) is 0. The lowest BCUT2D eigenvalue weighted by Gasteiger charge is -2.08. The minimum Gasteiger partial charge on any atom is -0.489 e. The maximum Gasteiger partial charge on any atom is 0.365 e. The normalized spacial score (nSPS) is 11.1. The van der Waals surface area contributed by atoms with E-state index in [2.05, 4.69) is 5.16 Å². The summed E-state index contributed by atoms with van der Waals surface area (Å²) in [5.74, 6) is 0.143. The SMILES string of the molecule is Cc1cccc(/C(N)=N\OC(=O)c2ccc(OCc3ccccc3Cl)cc2)c1. The predicted octanol–water partition coefficient (Wildman–Crippen LogP) is 4.70. The van der Waals surface area contributed by atoms with Crippen molar-refractivity contribution in [3.05, 3.63) is 100 Å². The highest BCUT2D eigenvalue weighted by molar-refractivity contribution is 6.31. The van der Waals surface area contributed by atoms with Crippen LogP contribution in [0.3, 0.4) is 0 Å². The topological polar surface area (TPSA) is 73.9 Å². The van der Waals surface area contributed by atoms with Crippen LogP contribution in [0.2, 0.25) is 5.02 Å². The van der Waals surface area contributed by atoms with Crippen molar-refractivity contribution in [2.75, 3.05) is 0 Å². The Balaban J connectivity index is 1.59. The zero-order valence-corrected chi connectivity index (χ0v) is 16.0. The quantitative estimate of drug-likeness (QED) is 0.284. The fourth-order valence-electron chi connectivity index (χ4n) is 2.46. The molecule has 0 spiro atoms. The summed E-state index contributed by atoms with van der Waals surface area (Å²) in [5.41, 5.74) is 8.81. The van der Waals surface area contributed by atoms with E-state index in [0.29, 0.717) is 28.5 Å². The van der Waals surface area contributed by atoms with Gasteiger partial charge in [0, 0.05) is 16.1 Å². The van der Waals surface area contributed by atoms with E-state index < -0.39 is 5.97 Å². The summed E-state index contributed by atoms with van der Waals surface area (Å²) < 4.78 is 5.69. The number of hydrogen-bond acceptors (Lipinski definition) is 4. The monoisotopic (exact) mass is 394 g/mol. The van der Waals surface area contributed by atoms with Gasteiger partial charge in [0.1, 0.15) is 12.4 Å². The molecular weight excluding hydrogens is 376 g/mol. The zero-order chi connectivity index (χ0) is 19.9. The maximum atomic E-state index is 12.1. The standard InChI is InChI=1S/C22H19ClN2O3/c1-15-5-4-7-17(13-15)21(24)25-28-22(26)16-9-11-19(12-10-16)27-14-18-6-2-3-8-20(18)23/h2-13H,14H2,1H3,(H2,24,25). The second kappa shape index (κ2) is 9.06. The van der Waals surface area contributed by atoms with E-state index in [4.69, 9.17) is 26.9 Å². The fraction of sp³-hybridized carbons (Fsp3) is 0.0909. The summed E-state index contributed by atoms with van der Waals surface area (Å²) in [4.78, 5) is 17.1. The number of ether oxygens (including phenoxy) is 1. The van der Waals surface area contributed by atoms with E-state index in [1.165, 1.54) is 0 Å². The summed E-state index contributed by atoms with van der Waals surface area (Å²) >= 11 is 6.11.